The summed E-state index contributed by atoms with van der Waals surface area (Å²) in [7, 11) is 4.10. The van der Waals surface area contributed by atoms with Crippen LogP contribution in [0.4, 0.5) is 5.69 Å². The van der Waals surface area contributed by atoms with Crippen molar-refractivity contribution in [2.24, 2.45) is 0 Å². The summed E-state index contributed by atoms with van der Waals surface area (Å²) in [5.41, 5.74) is 7.95. The standard InChI is InChI=1S/C17H23N3O/c1-20(2)11-12-21-19-17-13-7-3-5-9-15(13)18-16-10-6-4-8-14(16)17/h3,5,7,9H,4,6,8,10-12H2,1-2H3,(H,18,19). The summed E-state index contributed by atoms with van der Waals surface area (Å²) < 4.78 is 0. The van der Waals surface area contributed by atoms with Gasteiger partial charge in [-0.25, -0.2) is 0 Å². The van der Waals surface area contributed by atoms with Gasteiger partial charge in [0.05, 0.1) is 17.8 Å². The maximum atomic E-state index is 5.69. The van der Waals surface area contributed by atoms with Crippen molar-refractivity contribution in [2.75, 3.05) is 32.7 Å². The first-order chi connectivity index (χ1) is 10.3. The van der Waals surface area contributed by atoms with E-state index in [1.54, 1.807) is 0 Å². The number of benzene rings is 1. The molecule has 1 aromatic carbocycles. The summed E-state index contributed by atoms with van der Waals surface area (Å²) in [5, 5.41) is 1.16. The van der Waals surface area contributed by atoms with Gasteiger partial charge in [0.2, 0.25) is 0 Å². The molecule has 4 heteroatoms. The summed E-state index contributed by atoms with van der Waals surface area (Å²) in [6.45, 7) is 1.57. The fourth-order valence-corrected chi connectivity index (χ4v) is 2.84. The molecule has 0 bridgehead atoms. The average Bonchev–Trinajstić information content (AvgIpc) is 2.50. The number of hydrogen-bond acceptors (Lipinski definition) is 4. The van der Waals surface area contributed by atoms with Gasteiger partial charge in [-0.3, -0.25) is 15.3 Å². The third-order valence-electron chi connectivity index (χ3n) is 3.98. The van der Waals surface area contributed by atoms with Gasteiger partial charge >= 0.3 is 0 Å². The number of fused-ring (bicyclic) bond motifs is 2. The molecule has 1 N–H and O–H groups in total. The molecule has 1 heterocycles. The lowest BCUT2D eigenvalue weighted by atomic mass is 9.93. The Morgan fingerprint density at radius 2 is 2.00 bits per heavy atom. The minimum atomic E-state index is 0.665. The van der Waals surface area contributed by atoms with Crippen molar-refractivity contribution in [3.8, 4) is 0 Å². The number of nitrogens with zero attached hydrogens (tertiary/aromatic N) is 2. The molecular formula is C17H23N3O. The third kappa shape index (κ3) is 3.17. The second kappa shape index (κ2) is 6.41. The van der Waals surface area contributed by atoms with Crippen molar-refractivity contribution in [2.45, 2.75) is 25.7 Å². The number of likely N-dealkylation sites (N-methyl/N-ethyl adjacent to an activating group) is 1. The predicted molar refractivity (Wildman–Crippen MR) is 86.5 cm³/mol. The summed E-state index contributed by atoms with van der Waals surface area (Å²) in [6.07, 6.45) is 4.64. The zero-order chi connectivity index (χ0) is 14.7. The third-order valence-corrected chi connectivity index (χ3v) is 3.98. The van der Waals surface area contributed by atoms with Gasteiger partial charge in [0, 0.05) is 17.6 Å². The van der Waals surface area contributed by atoms with Gasteiger partial charge in [0.1, 0.15) is 0 Å². The van der Waals surface area contributed by atoms with Crippen LogP contribution in [-0.4, -0.2) is 37.1 Å². The van der Waals surface area contributed by atoms with Gasteiger partial charge in [0.25, 0.3) is 0 Å². The zero-order valence-corrected chi connectivity index (χ0v) is 12.9. The lowest BCUT2D eigenvalue weighted by molar-refractivity contribution is 0.168. The molecule has 0 unspecified atom stereocenters. The topological polar surface area (TPSA) is 37.4 Å². The number of hydrogen-bond donors (Lipinski definition) is 1. The van der Waals surface area contributed by atoms with Crippen LogP contribution >= 0.6 is 0 Å². The summed E-state index contributed by atoms with van der Waals surface area (Å²) in [4.78, 5) is 12.6. The van der Waals surface area contributed by atoms with E-state index in [0.717, 1.165) is 36.0 Å². The molecule has 21 heavy (non-hydrogen) atoms. The van der Waals surface area contributed by atoms with Crippen LogP contribution in [0.5, 0.6) is 0 Å². The van der Waals surface area contributed by atoms with Crippen LogP contribution in [0.25, 0.3) is 10.9 Å². The van der Waals surface area contributed by atoms with E-state index in [1.807, 2.05) is 20.2 Å². The van der Waals surface area contributed by atoms with E-state index in [9.17, 15) is 0 Å². The molecule has 0 saturated carbocycles. The minimum absolute atomic E-state index is 0.665. The molecule has 0 aliphatic heterocycles. The summed E-state index contributed by atoms with van der Waals surface area (Å²) in [6, 6.07) is 8.30. The number of anilines is 1. The molecule has 4 nitrogen and oxygen atoms in total. The Balaban J connectivity index is 1.90. The fraction of sp³-hybridized carbons (Fsp3) is 0.471. The molecule has 1 aromatic heterocycles. The van der Waals surface area contributed by atoms with Crippen molar-refractivity contribution in [1.29, 1.82) is 0 Å². The fourth-order valence-electron chi connectivity index (χ4n) is 2.84. The van der Waals surface area contributed by atoms with Crippen molar-refractivity contribution < 1.29 is 4.84 Å². The second-order valence-corrected chi connectivity index (χ2v) is 5.89. The number of para-hydroxylation sites is 1. The zero-order valence-electron chi connectivity index (χ0n) is 12.9. The van der Waals surface area contributed by atoms with Crippen molar-refractivity contribution >= 4 is 16.6 Å². The molecule has 112 valence electrons. The van der Waals surface area contributed by atoms with Crippen molar-refractivity contribution in [3.63, 3.8) is 0 Å². The van der Waals surface area contributed by atoms with Gasteiger partial charge in [-0.05, 0) is 51.4 Å². The Morgan fingerprint density at radius 1 is 1.19 bits per heavy atom. The summed E-state index contributed by atoms with van der Waals surface area (Å²) >= 11 is 0. The van der Waals surface area contributed by atoms with Crippen LogP contribution in [0.3, 0.4) is 0 Å². The van der Waals surface area contributed by atoms with Gasteiger partial charge in [-0.1, -0.05) is 18.2 Å². The Kier molecular flexibility index (Phi) is 4.36. The van der Waals surface area contributed by atoms with Crippen LogP contribution in [-0.2, 0) is 17.7 Å². The average molecular weight is 285 g/mol. The minimum Gasteiger partial charge on any atom is -0.307 e. The highest BCUT2D eigenvalue weighted by Gasteiger charge is 2.18. The Morgan fingerprint density at radius 3 is 2.86 bits per heavy atom. The number of aryl methyl sites for hydroxylation is 1. The first kappa shape index (κ1) is 14.3. The number of rotatable bonds is 5. The van der Waals surface area contributed by atoms with E-state index in [4.69, 9.17) is 9.82 Å². The van der Waals surface area contributed by atoms with Crippen LogP contribution in [0.2, 0.25) is 0 Å². The van der Waals surface area contributed by atoms with Gasteiger partial charge < -0.3 is 4.90 Å². The molecule has 3 rings (SSSR count). The molecule has 0 amide bonds. The first-order valence-corrected chi connectivity index (χ1v) is 7.69. The quantitative estimate of drug-likeness (QED) is 0.677. The highest BCUT2D eigenvalue weighted by atomic mass is 16.6. The molecule has 0 saturated heterocycles. The summed E-state index contributed by atoms with van der Waals surface area (Å²) in [5.74, 6) is 0. The highest BCUT2D eigenvalue weighted by Crippen LogP contribution is 2.33. The van der Waals surface area contributed by atoms with Crippen LogP contribution in [0.1, 0.15) is 24.1 Å². The van der Waals surface area contributed by atoms with E-state index < -0.39 is 0 Å². The SMILES string of the molecule is CN(C)CCONc1c2c(nc3ccccc13)CCCC2. The maximum Gasteiger partial charge on any atom is 0.0872 e. The van der Waals surface area contributed by atoms with E-state index in [1.165, 1.54) is 24.1 Å². The van der Waals surface area contributed by atoms with E-state index in [0.29, 0.717) is 6.61 Å². The molecular weight excluding hydrogens is 262 g/mol. The molecule has 0 spiro atoms. The number of nitrogens with one attached hydrogen (secondary N) is 1. The van der Waals surface area contributed by atoms with Gasteiger partial charge in [-0.2, -0.15) is 0 Å². The number of pyridine rings is 1. The van der Waals surface area contributed by atoms with Crippen LogP contribution in [0, 0.1) is 0 Å². The van der Waals surface area contributed by atoms with Gasteiger partial charge in [-0.15, -0.1) is 0 Å². The predicted octanol–water partition coefficient (Wildman–Crippen LogP) is 3.02. The lowest BCUT2D eigenvalue weighted by Gasteiger charge is -2.21. The van der Waals surface area contributed by atoms with Crippen molar-refractivity contribution in [1.82, 2.24) is 9.88 Å². The second-order valence-electron chi connectivity index (χ2n) is 5.89. The molecule has 0 atom stereocenters. The lowest BCUT2D eigenvalue weighted by Crippen LogP contribution is -2.20. The Labute approximate surface area is 126 Å². The van der Waals surface area contributed by atoms with Crippen molar-refractivity contribution in [3.05, 3.63) is 35.5 Å². The van der Waals surface area contributed by atoms with Crippen LogP contribution < -0.4 is 5.48 Å². The molecule has 1 aliphatic rings. The Bertz CT molecular complexity index is 625. The highest BCUT2D eigenvalue weighted by molar-refractivity contribution is 5.93. The normalized spacial score (nSPS) is 14.4. The smallest absolute Gasteiger partial charge is 0.0872 e. The largest absolute Gasteiger partial charge is 0.307 e. The Hall–Kier alpha value is -1.65. The monoisotopic (exact) mass is 285 g/mol. The van der Waals surface area contributed by atoms with E-state index in [2.05, 4.69) is 28.6 Å². The van der Waals surface area contributed by atoms with Crippen LogP contribution in [0.15, 0.2) is 24.3 Å². The first-order valence-electron chi connectivity index (χ1n) is 7.69. The number of aromatic nitrogens is 1. The molecule has 2 aromatic rings. The molecule has 1 aliphatic carbocycles. The van der Waals surface area contributed by atoms with Gasteiger partial charge in [0.15, 0.2) is 0 Å². The molecule has 0 radical (unpaired) electrons. The van der Waals surface area contributed by atoms with E-state index in [-0.39, 0.29) is 0 Å². The molecule has 0 fully saturated rings. The van der Waals surface area contributed by atoms with E-state index >= 15 is 0 Å². The maximum absolute atomic E-state index is 5.69.